The number of hydrogen-bond donors (Lipinski definition) is 0. The van der Waals surface area contributed by atoms with Crippen LogP contribution in [-0.4, -0.2) is 66.6 Å². The van der Waals surface area contributed by atoms with Crippen molar-refractivity contribution >= 4 is 45.7 Å². The zero-order chi connectivity index (χ0) is 40.1. The Hall–Kier alpha value is -2.14. The quantitative estimate of drug-likeness (QED) is 0.0379. The Balaban J connectivity index is 1.01. The molecule has 2 aliphatic heterocycles. The summed E-state index contributed by atoms with van der Waals surface area (Å²) in [6.07, 6.45) is 24.6. The number of ether oxygens (including phenoxy) is 5. The fraction of sp³-hybridized carbons (Fsp3) is 0.822. The first-order valence-corrected chi connectivity index (χ1v) is 24.6. The van der Waals surface area contributed by atoms with E-state index >= 15 is 0 Å². The maximum Gasteiger partial charge on any atom is 0.508 e. The normalized spacial score (nSPS) is 27.8. The van der Waals surface area contributed by atoms with Gasteiger partial charge < -0.3 is 23.7 Å². The highest BCUT2D eigenvalue weighted by Gasteiger charge is 2.42. The van der Waals surface area contributed by atoms with Gasteiger partial charge in [0.05, 0.1) is 25.6 Å². The van der Waals surface area contributed by atoms with Crippen LogP contribution in [0.5, 0.6) is 0 Å². The third-order valence-corrected chi connectivity index (χ3v) is 15.1. The monoisotopic (exact) mass is 820 g/mol. The van der Waals surface area contributed by atoms with Crippen LogP contribution in [0.15, 0.2) is 23.8 Å². The first-order chi connectivity index (χ1) is 27.1. The minimum absolute atomic E-state index is 0.0389. The van der Waals surface area contributed by atoms with E-state index in [1.54, 1.807) is 0 Å². The number of cyclic esters (lactones) is 1. The highest BCUT2D eigenvalue weighted by Crippen LogP contribution is 2.45. The Kier molecular flexibility index (Phi) is 21.7. The SMILES string of the molecule is CCC(C)C(=O)OC1CC(C)C=C2C=CC(C)C(CCC3CC(OC(=O)OCCCCCCCCCCCCOC(=O)CCCCC4CCSS4)CC(=O)O3)C21. The first kappa shape index (κ1) is 46.5. The van der Waals surface area contributed by atoms with Gasteiger partial charge in [0.25, 0.3) is 0 Å². The molecule has 9 atom stereocenters. The molecule has 56 heavy (non-hydrogen) atoms. The maximum atomic E-state index is 12.8. The number of hydrogen-bond acceptors (Lipinski definition) is 11. The number of carbonyl (C=O) groups is 4. The van der Waals surface area contributed by atoms with Gasteiger partial charge in [0.2, 0.25) is 0 Å². The van der Waals surface area contributed by atoms with Crippen molar-refractivity contribution in [1.29, 1.82) is 0 Å². The molecular weight excluding hydrogens is 749 g/mol. The molecule has 0 aromatic carbocycles. The van der Waals surface area contributed by atoms with Crippen molar-refractivity contribution in [3.8, 4) is 0 Å². The van der Waals surface area contributed by atoms with Gasteiger partial charge in [-0.25, -0.2) is 4.79 Å². The molecule has 2 aliphatic carbocycles. The average Bonchev–Trinajstić information content (AvgIpc) is 3.69. The van der Waals surface area contributed by atoms with Crippen LogP contribution >= 0.6 is 21.6 Å². The summed E-state index contributed by atoms with van der Waals surface area (Å²) in [7, 11) is 3.98. The van der Waals surface area contributed by atoms with E-state index in [1.807, 2.05) is 35.4 Å². The molecule has 2 heterocycles. The Morgan fingerprint density at radius 3 is 2.23 bits per heavy atom. The van der Waals surface area contributed by atoms with Gasteiger partial charge in [-0.15, -0.1) is 0 Å². The molecule has 0 bridgehead atoms. The molecule has 2 saturated heterocycles. The van der Waals surface area contributed by atoms with Gasteiger partial charge in [0.15, 0.2) is 0 Å². The van der Waals surface area contributed by atoms with Gasteiger partial charge in [-0.05, 0) is 81.1 Å². The summed E-state index contributed by atoms with van der Waals surface area (Å²) in [6, 6.07) is 0. The summed E-state index contributed by atoms with van der Waals surface area (Å²) in [5, 5.41) is 0.784. The average molecular weight is 821 g/mol. The summed E-state index contributed by atoms with van der Waals surface area (Å²) in [6.45, 7) is 9.18. The number of esters is 3. The molecule has 0 amide bonds. The predicted octanol–water partition coefficient (Wildman–Crippen LogP) is 11.5. The van der Waals surface area contributed by atoms with Crippen molar-refractivity contribution in [2.75, 3.05) is 19.0 Å². The summed E-state index contributed by atoms with van der Waals surface area (Å²) in [4.78, 5) is 49.8. The van der Waals surface area contributed by atoms with Crippen LogP contribution in [-0.2, 0) is 38.1 Å². The number of allylic oxidation sites excluding steroid dienone is 3. The molecule has 0 saturated carbocycles. The molecule has 9 unspecified atom stereocenters. The van der Waals surface area contributed by atoms with Gasteiger partial charge in [-0.2, -0.15) is 0 Å². The van der Waals surface area contributed by atoms with Crippen LogP contribution in [0.3, 0.4) is 0 Å². The Bertz CT molecular complexity index is 1260. The van der Waals surface area contributed by atoms with Crippen LogP contribution in [0.2, 0.25) is 0 Å². The van der Waals surface area contributed by atoms with E-state index in [-0.39, 0.29) is 54.3 Å². The molecule has 318 valence electrons. The second-order valence-corrected chi connectivity index (χ2v) is 19.7. The van der Waals surface area contributed by atoms with Crippen LogP contribution in [0.25, 0.3) is 0 Å². The van der Waals surface area contributed by atoms with E-state index in [2.05, 4.69) is 32.1 Å². The zero-order valence-corrected chi connectivity index (χ0v) is 36.5. The highest BCUT2D eigenvalue weighted by molar-refractivity contribution is 8.77. The fourth-order valence-electron chi connectivity index (χ4n) is 8.55. The van der Waals surface area contributed by atoms with Gasteiger partial charge >= 0.3 is 24.1 Å². The Labute approximate surface area is 345 Å². The Morgan fingerprint density at radius 2 is 1.55 bits per heavy atom. The van der Waals surface area contributed by atoms with Gasteiger partial charge in [0.1, 0.15) is 18.3 Å². The third-order valence-electron chi connectivity index (χ3n) is 12.1. The molecule has 4 aliphatic rings. The summed E-state index contributed by atoms with van der Waals surface area (Å²) >= 11 is 0. The van der Waals surface area contributed by atoms with Gasteiger partial charge in [-0.1, -0.05) is 125 Å². The third kappa shape index (κ3) is 17.0. The molecule has 9 nitrogen and oxygen atoms in total. The predicted molar refractivity (Wildman–Crippen MR) is 225 cm³/mol. The minimum atomic E-state index is -0.713. The molecule has 11 heteroatoms. The number of carbonyl (C=O) groups excluding carboxylic acids is 4. The fourth-order valence-corrected chi connectivity index (χ4v) is 11.6. The van der Waals surface area contributed by atoms with Crippen molar-refractivity contribution in [2.24, 2.45) is 29.6 Å². The molecule has 4 rings (SSSR count). The molecular formula is C45H72O9S2. The van der Waals surface area contributed by atoms with Crippen LogP contribution in [0.4, 0.5) is 4.79 Å². The molecule has 0 spiro atoms. The summed E-state index contributed by atoms with van der Waals surface area (Å²) in [5.41, 5.74) is 1.24. The van der Waals surface area contributed by atoms with E-state index in [0.717, 1.165) is 69.5 Å². The van der Waals surface area contributed by atoms with Crippen molar-refractivity contribution in [2.45, 2.75) is 186 Å². The second-order valence-electron chi connectivity index (χ2n) is 16.9. The minimum Gasteiger partial charge on any atom is -0.466 e. The number of unbranched alkanes of at least 4 members (excludes halogenated alkanes) is 10. The van der Waals surface area contributed by atoms with E-state index in [0.29, 0.717) is 44.3 Å². The van der Waals surface area contributed by atoms with Crippen molar-refractivity contribution in [3.63, 3.8) is 0 Å². The molecule has 0 aromatic heterocycles. The van der Waals surface area contributed by atoms with Crippen LogP contribution in [0, 0.1) is 29.6 Å². The molecule has 0 radical (unpaired) electrons. The van der Waals surface area contributed by atoms with Gasteiger partial charge in [0, 0.05) is 29.8 Å². The lowest BCUT2D eigenvalue weighted by Crippen LogP contribution is -2.42. The van der Waals surface area contributed by atoms with Crippen molar-refractivity contribution < 1.29 is 42.9 Å². The standard InChI is InChI=1S/C45H72O9S2/c1-5-33(3)44(48)54-40-29-32(2)28-35-21-20-34(4)39(43(35)40)23-22-36-30-37(31-42(47)52-36)53-45(49)51-26-17-13-11-9-7-6-8-10-12-16-25-50-41(46)19-15-14-18-38-24-27-55-56-38/h20-21,28,32-34,36-40,43H,5-19,22-27,29-31H2,1-4H3. The topological polar surface area (TPSA) is 114 Å². The van der Waals surface area contributed by atoms with Crippen LogP contribution < -0.4 is 0 Å². The lowest BCUT2D eigenvalue weighted by atomic mass is 9.65. The number of rotatable bonds is 25. The van der Waals surface area contributed by atoms with Crippen molar-refractivity contribution in [1.82, 2.24) is 0 Å². The lowest BCUT2D eigenvalue weighted by molar-refractivity contribution is -0.163. The molecule has 2 fully saturated rings. The maximum absolute atomic E-state index is 12.8. The Morgan fingerprint density at radius 1 is 0.857 bits per heavy atom. The van der Waals surface area contributed by atoms with Gasteiger partial charge in [-0.3, -0.25) is 14.4 Å². The smallest absolute Gasteiger partial charge is 0.466 e. The lowest BCUT2D eigenvalue weighted by Gasteiger charge is -2.43. The summed E-state index contributed by atoms with van der Waals surface area (Å²) < 4.78 is 28.3. The van der Waals surface area contributed by atoms with E-state index in [4.69, 9.17) is 23.7 Å². The first-order valence-electron chi connectivity index (χ1n) is 22.2. The zero-order valence-electron chi connectivity index (χ0n) is 34.9. The highest BCUT2D eigenvalue weighted by atomic mass is 33.1. The van der Waals surface area contributed by atoms with Crippen molar-refractivity contribution in [3.05, 3.63) is 23.8 Å². The summed E-state index contributed by atoms with van der Waals surface area (Å²) in [5.74, 6) is 1.61. The van der Waals surface area contributed by atoms with E-state index in [1.165, 1.54) is 56.3 Å². The van der Waals surface area contributed by atoms with E-state index in [9.17, 15) is 19.2 Å². The van der Waals surface area contributed by atoms with Crippen LogP contribution in [0.1, 0.15) is 163 Å². The van der Waals surface area contributed by atoms with E-state index < -0.39 is 12.3 Å². The largest absolute Gasteiger partial charge is 0.508 e. The molecule has 0 N–H and O–H groups in total. The number of fused-ring (bicyclic) bond motifs is 1. The second kappa shape index (κ2) is 26.1. The molecule has 0 aromatic rings.